The zero-order valence-electron chi connectivity index (χ0n) is 14.5. The number of rotatable bonds is 9. The molecule has 0 fully saturated rings. The van der Waals surface area contributed by atoms with Crippen LogP contribution in [0.1, 0.15) is 22.8 Å². The van der Waals surface area contributed by atoms with Gasteiger partial charge in [0.2, 0.25) is 5.91 Å². The van der Waals surface area contributed by atoms with Gasteiger partial charge in [-0.3, -0.25) is 9.59 Å². The average molecular weight is 320 g/mol. The summed E-state index contributed by atoms with van der Waals surface area (Å²) >= 11 is 0. The summed E-state index contributed by atoms with van der Waals surface area (Å²) in [6, 6.07) is 7.33. The topological polar surface area (TPSA) is 73.5 Å². The third-order valence-electron chi connectivity index (χ3n) is 3.46. The summed E-state index contributed by atoms with van der Waals surface area (Å²) in [6.45, 7) is 4.34. The summed E-state index contributed by atoms with van der Waals surface area (Å²) in [6.07, 6.45) is 0. The minimum atomic E-state index is -0.0939. The molecule has 3 N–H and O–H groups in total. The Labute approximate surface area is 138 Å². The maximum absolute atomic E-state index is 12.1. The first kappa shape index (κ1) is 19.1. The predicted molar refractivity (Wildman–Crippen MR) is 92.3 cm³/mol. The highest BCUT2D eigenvalue weighted by atomic mass is 16.2. The molecule has 1 atom stereocenters. The predicted octanol–water partition coefficient (Wildman–Crippen LogP) is 0.450. The first-order valence-electron chi connectivity index (χ1n) is 7.88. The largest absolute Gasteiger partial charge is 0.352 e. The van der Waals surface area contributed by atoms with E-state index in [1.54, 1.807) is 6.07 Å². The molecule has 1 rings (SSSR count). The summed E-state index contributed by atoms with van der Waals surface area (Å²) in [5, 5.41) is 8.75. The van der Waals surface area contributed by atoms with Crippen molar-refractivity contribution in [2.24, 2.45) is 5.92 Å². The number of hydrogen-bond donors (Lipinski definition) is 3. The fourth-order valence-electron chi connectivity index (χ4n) is 2.08. The van der Waals surface area contributed by atoms with Crippen LogP contribution in [0.2, 0.25) is 0 Å². The molecule has 0 radical (unpaired) electrons. The summed E-state index contributed by atoms with van der Waals surface area (Å²) in [5.41, 5.74) is 1.52. The standard InChI is InChI=1S/C17H28N4O2/c1-13(11-18-2)16(22)20-12-14-6-5-7-15(10-14)17(23)19-8-9-21(3)4/h5-7,10,13,18H,8-9,11-12H2,1-4H3,(H,19,23)(H,20,22). The highest BCUT2D eigenvalue weighted by Crippen LogP contribution is 2.06. The molecule has 1 aromatic rings. The second-order valence-corrected chi connectivity index (χ2v) is 5.94. The summed E-state index contributed by atoms with van der Waals surface area (Å²) in [7, 11) is 5.75. The molecule has 128 valence electrons. The number of nitrogens with one attached hydrogen (secondary N) is 3. The first-order valence-corrected chi connectivity index (χ1v) is 7.88. The van der Waals surface area contributed by atoms with Crippen molar-refractivity contribution in [2.75, 3.05) is 40.8 Å². The Hall–Kier alpha value is -1.92. The Kier molecular flexibility index (Phi) is 8.29. The van der Waals surface area contributed by atoms with Gasteiger partial charge in [0.25, 0.3) is 5.91 Å². The molecule has 0 bridgehead atoms. The minimum Gasteiger partial charge on any atom is -0.352 e. The van der Waals surface area contributed by atoms with E-state index in [1.807, 2.05) is 51.2 Å². The van der Waals surface area contributed by atoms with Gasteiger partial charge in [-0.2, -0.15) is 0 Å². The van der Waals surface area contributed by atoms with Gasteiger partial charge in [-0.1, -0.05) is 19.1 Å². The van der Waals surface area contributed by atoms with E-state index < -0.39 is 0 Å². The van der Waals surface area contributed by atoms with Crippen LogP contribution in [0, 0.1) is 5.92 Å². The van der Waals surface area contributed by atoms with Gasteiger partial charge in [0, 0.05) is 37.7 Å². The van der Waals surface area contributed by atoms with Crippen molar-refractivity contribution in [3.8, 4) is 0 Å². The van der Waals surface area contributed by atoms with Crippen molar-refractivity contribution >= 4 is 11.8 Å². The molecule has 0 aromatic heterocycles. The van der Waals surface area contributed by atoms with Crippen LogP contribution in [0.15, 0.2) is 24.3 Å². The SMILES string of the molecule is CNCC(C)C(=O)NCc1cccc(C(=O)NCCN(C)C)c1. The van der Waals surface area contributed by atoms with Crippen molar-refractivity contribution in [1.82, 2.24) is 20.9 Å². The molecule has 6 heteroatoms. The van der Waals surface area contributed by atoms with Gasteiger partial charge < -0.3 is 20.9 Å². The lowest BCUT2D eigenvalue weighted by Crippen LogP contribution is -2.34. The van der Waals surface area contributed by atoms with Crippen LogP contribution in [-0.2, 0) is 11.3 Å². The highest BCUT2D eigenvalue weighted by Gasteiger charge is 2.11. The van der Waals surface area contributed by atoms with Crippen LogP contribution in [0.25, 0.3) is 0 Å². The van der Waals surface area contributed by atoms with Gasteiger partial charge in [0.05, 0.1) is 0 Å². The van der Waals surface area contributed by atoms with E-state index in [2.05, 4.69) is 16.0 Å². The van der Waals surface area contributed by atoms with Gasteiger partial charge in [-0.15, -0.1) is 0 Å². The zero-order valence-corrected chi connectivity index (χ0v) is 14.5. The van der Waals surface area contributed by atoms with Crippen LogP contribution in [0.5, 0.6) is 0 Å². The fraction of sp³-hybridized carbons (Fsp3) is 0.529. The van der Waals surface area contributed by atoms with E-state index in [-0.39, 0.29) is 17.7 Å². The Morgan fingerprint density at radius 1 is 1.22 bits per heavy atom. The van der Waals surface area contributed by atoms with Crippen molar-refractivity contribution in [1.29, 1.82) is 0 Å². The molecule has 0 spiro atoms. The Bertz CT molecular complexity index is 517. The van der Waals surface area contributed by atoms with Crippen molar-refractivity contribution in [2.45, 2.75) is 13.5 Å². The number of carbonyl (C=O) groups excluding carboxylic acids is 2. The molecule has 0 aliphatic heterocycles. The number of carbonyl (C=O) groups is 2. The quantitative estimate of drug-likeness (QED) is 0.618. The summed E-state index contributed by atoms with van der Waals surface area (Å²) in [5.74, 6) is -0.179. The first-order chi connectivity index (χ1) is 10.9. The number of hydrogen-bond acceptors (Lipinski definition) is 4. The normalized spacial score (nSPS) is 12.0. The molecular formula is C17H28N4O2. The van der Waals surface area contributed by atoms with Crippen LogP contribution in [-0.4, -0.2) is 57.5 Å². The van der Waals surface area contributed by atoms with Gasteiger partial charge in [0.15, 0.2) is 0 Å². The maximum Gasteiger partial charge on any atom is 0.251 e. The van der Waals surface area contributed by atoms with E-state index in [0.717, 1.165) is 12.1 Å². The molecule has 0 heterocycles. The molecular weight excluding hydrogens is 292 g/mol. The summed E-state index contributed by atoms with van der Waals surface area (Å²) in [4.78, 5) is 26.0. The molecule has 23 heavy (non-hydrogen) atoms. The fourth-order valence-corrected chi connectivity index (χ4v) is 2.08. The Balaban J connectivity index is 2.52. The van der Waals surface area contributed by atoms with Crippen LogP contribution >= 0.6 is 0 Å². The molecule has 0 saturated carbocycles. The van der Waals surface area contributed by atoms with E-state index in [0.29, 0.717) is 25.2 Å². The molecule has 1 unspecified atom stereocenters. The minimum absolute atomic E-state index is 0.000174. The third kappa shape index (κ3) is 7.25. The smallest absolute Gasteiger partial charge is 0.251 e. The number of benzene rings is 1. The van der Waals surface area contributed by atoms with Gasteiger partial charge in [0.1, 0.15) is 0 Å². The Morgan fingerprint density at radius 3 is 2.61 bits per heavy atom. The van der Waals surface area contributed by atoms with Crippen molar-refractivity contribution < 1.29 is 9.59 Å². The van der Waals surface area contributed by atoms with Crippen LogP contribution in [0.3, 0.4) is 0 Å². The monoisotopic (exact) mass is 320 g/mol. The second kappa shape index (κ2) is 9.97. The number of nitrogens with zero attached hydrogens (tertiary/aromatic N) is 1. The van der Waals surface area contributed by atoms with Crippen LogP contribution in [0.4, 0.5) is 0 Å². The van der Waals surface area contributed by atoms with E-state index in [9.17, 15) is 9.59 Å². The lowest BCUT2D eigenvalue weighted by atomic mass is 10.1. The lowest BCUT2D eigenvalue weighted by molar-refractivity contribution is -0.124. The number of amides is 2. The van der Waals surface area contributed by atoms with E-state index in [4.69, 9.17) is 0 Å². The average Bonchev–Trinajstić information content (AvgIpc) is 2.52. The number of likely N-dealkylation sites (N-methyl/N-ethyl adjacent to an activating group) is 1. The zero-order chi connectivity index (χ0) is 17.2. The van der Waals surface area contributed by atoms with E-state index >= 15 is 0 Å². The highest BCUT2D eigenvalue weighted by molar-refractivity contribution is 5.94. The molecule has 6 nitrogen and oxygen atoms in total. The molecule has 2 amide bonds. The van der Waals surface area contributed by atoms with Crippen molar-refractivity contribution in [3.05, 3.63) is 35.4 Å². The van der Waals surface area contributed by atoms with Gasteiger partial charge in [-0.05, 0) is 38.8 Å². The van der Waals surface area contributed by atoms with Gasteiger partial charge in [-0.25, -0.2) is 0 Å². The van der Waals surface area contributed by atoms with Gasteiger partial charge >= 0.3 is 0 Å². The molecule has 0 saturated heterocycles. The molecule has 1 aromatic carbocycles. The molecule has 0 aliphatic rings. The molecule has 0 aliphatic carbocycles. The third-order valence-corrected chi connectivity index (χ3v) is 3.46. The van der Waals surface area contributed by atoms with Crippen LogP contribution < -0.4 is 16.0 Å². The Morgan fingerprint density at radius 2 is 1.96 bits per heavy atom. The van der Waals surface area contributed by atoms with Crippen molar-refractivity contribution in [3.63, 3.8) is 0 Å². The van der Waals surface area contributed by atoms with E-state index in [1.165, 1.54) is 0 Å². The summed E-state index contributed by atoms with van der Waals surface area (Å²) < 4.78 is 0. The lowest BCUT2D eigenvalue weighted by Gasteiger charge is -2.13. The second-order valence-electron chi connectivity index (χ2n) is 5.94. The maximum atomic E-state index is 12.1.